The summed E-state index contributed by atoms with van der Waals surface area (Å²) in [7, 11) is 5.11. The highest BCUT2D eigenvalue weighted by Crippen LogP contribution is 2.39. The third kappa shape index (κ3) is 7.44. The van der Waals surface area contributed by atoms with Gasteiger partial charge in [-0.15, -0.1) is 0 Å². The van der Waals surface area contributed by atoms with Gasteiger partial charge in [0, 0.05) is 50.6 Å². The molecule has 9 nitrogen and oxygen atoms in total. The number of ether oxygens (including phenoxy) is 3. The van der Waals surface area contributed by atoms with Crippen LogP contribution in [0.4, 0.5) is 0 Å². The number of likely N-dealkylation sites (tertiary alicyclic amines) is 2. The van der Waals surface area contributed by atoms with Gasteiger partial charge < -0.3 is 23.7 Å². The molecule has 1 amide bonds. The van der Waals surface area contributed by atoms with E-state index in [9.17, 15) is 14.9 Å². The number of carbonyl (C=O) groups excluding carboxylic acids is 1. The van der Waals surface area contributed by atoms with Gasteiger partial charge in [0.2, 0.25) is 0 Å². The summed E-state index contributed by atoms with van der Waals surface area (Å²) >= 11 is 0. The number of aryl methyl sites for hydroxylation is 1. The summed E-state index contributed by atoms with van der Waals surface area (Å²) in [5.41, 5.74) is 5.49. The average Bonchev–Trinajstić information content (AvgIpc) is 3.73. The van der Waals surface area contributed by atoms with Crippen molar-refractivity contribution in [2.75, 3.05) is 33.9 Å². The Balaban J connectivity index is 1.29. The topological polar surface area (TPSA) is 97.0 Å². The number of aromatic nitrogens is 1. The van der Waals surface area contributed by atoms with Crippen molar-refractivity contribution < 1.29 is 19.0 Å². The van der Waals surface area contributed by atoms with Gasteiger partial charge in [-0.05, 0) is 79.5 Å². The van der Waals surface area contributed by atoms with Gasteiger partial charge >= 0.3 is 0 Å². The third-order valence-corrected chi connectivity index (χ3v) is 9.45. The van der Waals surface area contributed by atoms with Crippen LogP contribution in [0, 0.1) is 30.6 Å². The first-order valence-electron chi connectivity index (χ1n) is 16.7. The molecule has 5 rings (SSSR count). The molecular weight excluding hydrogens is 604 g/mol. The van der Waals surface area contributed by atoms with Crippen molar-refractivity contribution in [3.05, 3.63) is 86.9 Å². The Morgan fingerprint density at radius 3 is 2.40 bits per heavy atom. The number of hydrogen-bond donors (Lipinski definition) is 0. The minimum Gasteiger partial charge on any atom is -0.496 e. The number of pyridine rings is 1. The second-order valence-corrected chi connectivity index (χ2v) is 14.1. The minimum atomic E-state index is -0.263. The van der Waals surface area contributed by atoms with Gasteiger partial charge in [0.05, 0.1) is 25.8 Å². The summed E-state index contributed by atoms with van der Waals surface area (Å²) in [6, 6.07) is 14.1. The van der Waals surface area contributed by atoms with Crippen molar-refractivity contribution in [3.63, 3.8) is 0 Å². The maximum Gasteiger partial charge on any atom is 0.264 e. The van der Waals surface area contributed by atoms with E-state index in [0.29, 0.717) is 13.1 Å². The Morgan fingerprint density at radius 2 is 1.75 bits per heavy atom. The number of benzene rings is 2. The molecule has 0 aliphatic carbocycles. The number of hydrogen-bond acceptors (Lipinski definition) is 7. The van der Waals surface area contributed by atoms with Gasteiger partial charge in [0.25, 0.3) is 11.5 Å². The Bertz CT molecular complexity index is 1790. The van der Waals surface area contributed by atoms with Crippen molar-refractivity contribution in [2.24, 2.45) is 12.5 Å². The van der Waals surface area contributed by atoms with Crippen LogP contribution in [0.25, 0.3) is 11.1 Å². The maximum absolute atomic E-state index is 13.4. The van der Waals surface area contributed by atoms with Crippen LogP contribution in [-0.4, -0.2) is 60.2 Å². The van der Waals surface area contributed by atoms with E-state index in [-0.39, 0.29) is 34.6 Å². The predicted octanol–water partition coefficient (Wildman–Crippen LogP) is 6.50. The Hall–Kier alpha value is -4.55. The largest absolute Gasteiger partial charge is 0.496 e. The van der Waals surface area contributed by atoms with E-state index in [2.05, 4.69) is 11.0 Å². The molecule has 254 valence electrons. The highest BCUT2D eigenvalue weighted by molar-refractivity contribution is 5.97. The first kappa shape index (κ1) is 34.8. The van der Waals surface area contributed by atoms with Crippen molar-refractivity contribution in [2.45, 2.75) is 72.6 Å². The Labute approximate surface area is 284 Å². The second kappa shape index (κ2) is 14.3. The monoisotopic (exact) mass is 652 g/mol. The summed E-state index contributed by atoms with van der Waals surface area (Å²) in [5, 5.41) is 9.74. The fourth-order valence-corrected chi connectivity index (χ4v) is 6.90. The van der Waals surface area contributed by atoms with Crippen LogP contribution in [-0.2, 0) is 18.4 Å². The molecule has 48 heavy (non-hydrogen) atoms. The number of allylic oxidation sites excluding steroid dienone is 1. The minimum absolute atomic E-state index is 0.00170. The molecule has 2 saturated heterocycles. The summed E-state index contributed by atoms with van der Waals surface area (Å²) < 4.78 is 19.9. The van der Waals surface area contributed by atoms with Crippen LogP contribution in [0.5, 0.6) is 17.2 Å². The predicted molar refractivity (Wildman–Crippen MR) is 187 cm³/mol. The summed E-state index contributed by atoms with van der Waals surface area (Å²) in [5.74, 6) is 2.05. The van der Waals surface area contributed by atoms with Crippen LogP contribution in [0.2, 0.25) is 0 Å². The quantitative estimate of drug-likeness (QED) is 0.192. The SMILES string of the molecule is COc1cc(-c2cn(C)c(=O)c(C)c2C)cc(OC)c1CN1CCC(Oc2cccc(C3CCCN3C(=O)/C(C#N)=C/C(C)(C)C)c2)C1. The van der Waals surface area contributed by atoms with Gasteiger partial charge in [0.1, 0.15) is 35.0 Å². The van der Waals surface area contributed by atoms with Crippen LogP contribution in [0.15, 0.2) is 59.0 Å². The van der Waals surface area contributed by atoms with Gasteiger partial charge in [-0.25, -0.2) is 0 Å². The van der Waals surface area contributed by atoms with E-state index in [1.807, 2.05) is 82.1 Å². The first-order valence-corrected chi connectivity index (χ1v) is 16.7. The normalized spacial score (nSPS) is 18.6. The summed E-state index contributed by atoms with van der Waals surface area (Å²) in [6.07, 6.45) is 6.27. The number of nitriles is 1. The standard InChI is InChI=1S/C39H48N4O5/c1-25-26(2)37(44)41(6)23-32(25)28-18-35(46-7)33(36(19-28)47-8)24-42-16-14-31(22-42)48-30-12-9-11-27(17-30)34-13-10-15-43(34)38(45)29(21-40)20-39(3,4)5/h9,11-12,17-20,23,31,34H,10,13-16,22,24H2,1-8H3/b29-20+. The number of methoxy groups -OCH3 is 2. The van der Waals surface area contributed by atoms with E-state index >= 15 is 0 Å². The van der Waals surface area contributed by atoms with E-state index in [1.165, 1.54) is 0 Å². The van der Waals surface area contributed by atoms with Gasteiger partial charge in [-0.2, -0.15) is 5.26 Å². The first-order chi connectivity index (χ1) is 22.8. The zero-order valence-electron chi connectivity index (χ0n) is 29.6. The van der Waals surface area contributed by atoms with E-state index in [1.54, 1.807) is 31.9 Å². The lowest BCUT2D eigenvalue weighted by Gasteiger charge is -2.26. The molecule has 0 spiro atoms. The van der Waals surface area contributed by atoms with Crippen molar-refractivity contribution in [1.82, 2.24) is 14.4 Å². The lowest BCUT2D eigenvalue weighted by atomic mass is 9.93. The molecule has 2 aliphatic rings. The lowest BCUT2D eigenvalue weighted by molar-refractivity contribution is -0.127. The second-order valence-electron chi connectivity index (χ2n) is 14.1. The molecule has 3 heterocycles. The molecule has 2 aromatic carbocycles. The molecule has 0 saturated carbocycles. The lowest BCUT2D eigenvalue weighted by Crippen LogP contribution is -2.32. The molecule has 0 bridgehead atoms. The van der Waals surface area contributed by atoms with Crippen LogP contribution in [0.1, 0.15) is 68.3 Å². The fourth-order valence-electron chi connectivity index (χ4n) is 6.90. The highest BCUT2D eigenvalue weighted by atomic mass is 16.5. The van der Waals surface area contributed by atoms with Gasteiger partial charge in [-0.3, -0.25) is 14.5 Å². The molecule has 2 atom stereocenters. The van der Waals surface area contributed by atoms with Crippen molar-refractivity contribution in [1.29, 1.82) is 5.26 Å². The van der Waals surface area contributed by atoms with Crippen molar-refractivity contribution in [3.8, 4) is 34.4 Å². The van der Waals surface area contributed by atoms with E-state index in [4.69, 9.17) is 14.2 Å². The molecule has 3 aromatic rings. The molecule has 2 unspecified atom stereocenters. The van der Waals surface area contributed by atoms with Crippen LogP contribution in [0.3, 0.4) is 0 Å². The third-order valence-electron chi connectivity index (χ3n) is 9.45. The zero-order valence-corrected chi connectivity index (χ0v) is 29.6. The molecule has 9 heteroatoms. The fraction of sp³-hybridized carbons (Fsp3) is 0.462. The maximum atomic E-state index is 13.4. The Morgan fingerprint density at radius 1 is 1.04 bits per heavy atom. The van der Waals surface area contributed by atoms with E-state index < -0.39 is 0 Å². The van der Waals surface area contributed by atoms with Gasteiger partial charge in [-0.1, -0.05) is 39.0 Å². The highest BCUT2D eigenvalue weighted by Gasteiger charge is 2.33. The van der Waals surface area contributed by atoms with Crippen molar-refractivity contribution >= 4 is 5.91 Å². The number of carbonyl (C=O) groups is 1. The molecule has 0 radical (unpaired) electrons. The number of nitrogens with zero attached hydrogens (tertiary/aromatic N) is 4. The number of amides is 1. The molecule has 2 fully saturated rings. The van der Waals surface area contributed by atoms with Crippen LogP contribution >= 0.6 is 0 Å². The zero-order chi connectivity index (χ0) is 34.7. The average molecular weight is 653 g/mol. The molecule has 1 aromatic heterocycles. The summed E-state index contributed by atoms with van der Waals surface area (Å²) in [6.45, 7) is 12.7. The molecule has 0 N–H and O–H groups in total. The Kier molecular flexibility index (Phi) is 10.4. The molecular formula is C39H48N4O5. The number of rotatable bonds is 9. The molecule has 2 aliphatic heterocycles. The van der Waals surface area contributed by atoms with E-state index in [0.717, 1.165) is 83.0 Å². The van der Waals surface area contributed by atoms with Gasteiger partial charge in [0.15, 0.2) is 0 Å². The van der Waals surface area contributed by atoms with Crippen LogP contribution < -0.4 is 19.8 Å². The smallest absolute Gasteiger partial charge is 0.264 e. The summed E-state index contributed by atoms with van der Waals surface area (Å²) in [4.78, 5) is 30.0.